The molecule has 0 spiro atoms. The van der Waals surface area contributed by atoms with E-state index in [1.807, 2.05) is 0 Å². The summed E-state index contributed by atoms with van der Waals surface area (Å²) in [6.07, 6.45) is 1.50. The van der Waals surface area contributed by atoms with Gasteiger partial charge >= 0.3 is 5.97 Å². The first-order valence-electron chi connectivity index (χ1n) is 5.83. The molecule has 1 N–H and O–H groups in total. The molecule has 0 amide bonds. The zero-order chi connectivity index (χ0) is 15.6. The zero-order valence-corrected chi connectivity index (χ0v) is 14.4. The van der Waals surface area contributed by atoms with Gasteiger partial charge in [-0.15, -0.1) is 0 Å². The lowest BCUT2D eigenvalue weighted by atomic mass is 10.1. The molecule has 0 saturated carbocycles. The van der Waals surface area contributed by atoms with Crippen LogP contribution in [-0.4, -0.2) is 23.2 Å². The van der Waals surface area contributed by atoms with Gasteiger partial charge in [-0.25, -0.2) is 9.78 Å². The lowest BCUT2D eigenvalue weighted by Gasteiger charge is -2.12. The van der Waals surface area contributed by atoms with Gasteiger partial charge in [0.2, 0.25) is 5.88 Å². The van der Waals surface area contributed by atoms with Crippen LogP contribution in [0.4, 0.5) is 0 Å². The van der Waals surface area contributed by atoms with Gasteiger partial charge in [-0.3, -0.25) is 0 Å². The molecule has 0 atom stereocenters. The van der Waals surface area contributed by atoms with Crippen LogP contribution in [0.5, 0.6) is 17.4 Å². The third kappa shape index (κ3) is 3.36. The highest BCUT2D eigenvalue weighted by atomic mass is 79.9. The van der Waals surface area contributed by atoms with Crippen molar-refractivity contribution in [3.63, 3.8) is 0 Å². The molecule has 0 fully saturated rings. The summed E-state index contributed by atoms with van der Waals surface area (Å²) in [7, 11) is 1.55. The molecule has 0 radical (unpaired) electrons. The highest BCUT2D eigenvalue weighted by molar-refractivity contribution is 9.11. The van der Waals surface area contributed by atoms with Crippen molar-refractivity contribution >= 4 is 37.8 Å². The minimum atomic E-state index is -1.08. The van der Waals surface area contributed by atoms with Crippen LogP contribution < -0.4 is 9.47 Å². The highest BCUT2D eigenvalue weighted by Crippen LogP contribution is 2.38. The molecule has 110 valence electrons. The fraction of sp³-hybridized carbons (Fsp3) is 0.143. The van der Waals surface area contributed by atoms with Crippen molar-refractivity contribution in [1.29, 1.82) is 0 Å². The summed E-state index contributed by atoms with van der Waals surface area (Å²) in [5.74, 6) is 0.0210. The molecule has 1 aromatic carbocycles. The number of benzene rings is 1. The fourth-order valence-electron chi connectivity index (χ4n) is 1.72. The normalized spacial score (nSPS) is 10.3. The minimum Gasteiger partial charge on any atom is -0.496 e. The second-order valence-electron chi connectivity index (χ2n) is 4.13. The Morgan fingerprint density at radius 2 is 1.86 bits per heavy atom. The van der Waals surface area contributed by atoms with E-state index in [1.54, 1.807) is 32.2 Å². The molecule has 0 aliphatic heterocycles. The molecule has 2 aromatic rings. The Morgan fingerprint density at radius 3 is 2.48 bits per heavy atom. The molecule has 0 aliphatic rings. The Labute approximate surface area is 138 Å². The molecule has 21 heavy (non-hydrogen) atoms. The molecule has 0 unspecified atom stereocenters. The van der Waals surface area contributed by atoms with E-state index in [9.17, 15) is 9.90 Å². The molecule has 0 bridgehead atoms. The van der Waals surface area contributed by atoms with Gasteiger partial charge in [0.05, 0.1) is 16.1 Å². The molecule has 0 saturated heterocycles. The van der Waals surface area contributed by atoms with E-state index in [1.165, 1.54) is 6.20 Å². The third-order valence-electron chi connectivity index (χ3n) is 2.75. The SMILES string of the molecule is COc1cc(Br)c(Oc2nccc(C)c2C(=O)O)cc1Br. The zero-order valence-electron chi connectivity index (χ0n) is 11.2. The average molecular weight is 417 g/mol. The summed E-state index contributed by atoms with van der Waals surface area (Å²) in [6.45, 7) is 1.69. The summed E-state index contributed by atoms with van der Waals surface area (Å²) in [4.78, 5) is 15.3. The molecule has 0 aliphatic carbocycles. The number of pyridine rings is 1. The van der Waals surface area contributed by atoms with Crippen molar-refractivity contribution in [2.24, 2.45) is 0 Å². The molecular weight excluding hydrogens is 406 g/mol. The Balaban J connectivity index is 2.46. The van der Waals surface area contributed by atoms with Crippen LogP contribution in [0.25, 0.3) is 0 Å². The number of methoxy groups -OCH3 is 1. The number of aryl methyl sites for hydroxylation is 1. The molecular formula is C14H11Br2NO4. The van der Waals surface area contributed by atoms with Crippen LogP contribution in [0.15, 0.2) is 33.3 Å². The summed E-state index contributed by atoms with van der Waals surface area (Å²) in [6, 6.07) is 5.02. The Bertz CT molecular complexity index is 704. The van der Waals surface area contributed by atoms with E-state index < -0.39 is 5.97 Å². The number of aromatic nitrogens is 1. The first-order chi connectivity index (χ1) is 9.93. The van der Waals surface area contributed by atoms with E-state index in [-0.39, 0.29) is 11.4 Å². The second kappa shape index (κ2) is 6.44. The summed E-state index contributed by atoms with van der Waals surface area (Å²) >= 11 is 6.71. The third-order valence-corrected chi connectivity index (χ3v) is 3.99. The number of carbonyl (C=O) groups is 1. The van der Waals surface area contributed by atoms with Crippen LogP contribution in [-0.2, 0) is 0 Å². The van der Waals surface area contributed by atoms with E-state index in [0.29, 0.717) is 26.0 Å². The lowest BCUT2D eigenvalue weighted by molar-refractivity contribution is 0.0692. The van der Waals surface area contributed by atoms with E-state index >= 15 is 0 Å². The molecule has 1 aromatic heterocycles. The number of hydrogen-bond donors (Lipinski definition) is 1. The molecule has 1 heterocycles. The number of rotatable bonds is 4. The summed E-state index contributed by atoms with van der Waals surface area (Å²) in [5.41, 5.74) is 0.618. The van der Waals surface area contributed by atoms with Gasteiger partial charge in [-0.1, -0.05) is 0 Å². The van der Waals surface area contributed by atoms with Gasteiger partial charge in [-0.2, -0.15) is 0 Å². The number of aromatic carboxylic acids is 1. The topological polar surface area (TPSA) is 68.7 Å². The van der Waals surface area contributed by atoms with Crippen LogP contribution in [0.3, 0.4) is 0 Å². The van der Waals surface area contributed by atoms with Crippen LogP contribution >= 0.6 is 31.9 Å². The van der Waals surface area contributed by atoms with Crippen LogP contribution in [0, 0.1) is 6.92 Å². The minimum absolute atomic E-state index is 0.0383. The largest absolute Gasteiger partial charge is 0.496 e. The van der Waals surface area contributed by atoms with Gasteiger partial charge in [0.25, 0.3) is 0 Å². The first kappa shape index (κ1) is 15.8. The van der Waals surface area contributed by atoms with Crippen molar-refractivity contribution in [2.75, 3.05) is 7.11 Å². The van der Waals surface area contributed by atoms with Gasteiger partial charge in [0.1, 0.15) is 17.1 Å². The van der Waals surface area contributed by atoms with Gasteiger partial charge < -0.3 is 14.6 Å². The van der Waals surface area contributed by atoms with Gasteiger partial charge in [-0.05, 0) is 62.5 Å². The fourth-order valence-corrected chi connectivity index (χ4v) is 2.61. The summed E-state index contributed by atoms with van der Waals surface area (Å²) in [5, 5.41) is 9.27. The Hall–Kier alpha value is -1.60. The smallest absolute Gasteiger partial charge is 0.341 e. The Morgan fingerprint density at radius 1 is 1.24 bits per heavy atom. The second-order valence-corrected chi connectivity index (χ2v) is 5.84. The predicted octanol–water partition coefficient (Wildman–Crippen LogP) is 4.41. The molecule has 5 nitrogen and oxygen atoms in total. The number of carboxylic acid groups (broad SMARTS) is 1. The highest BCUT2D eigenvalue weighted by Gasteiger charge is 2.18. The van der Waals surface area contributed by atoms with Crippen molar-refractivity contribution in [3.8, 4) is 17.4 Å². The van der Waals surface area contributed by atoms with Gasteiger partial charge in [0, 0.05) is 6.20 Å². The van der Waals surface area contributed by atoms with Crippen molar-refractivity contribution in [1.82, 2.24) is 4.98 Å². The van der Waals surface area contributed by atoms with Crippen LogP contribution in [0.1, 0.15) is 15.9 Å². The average Bonchev–Trinajstić information content (AvgIpc) is 2.42. The monoisotopic (exact) mass is 415 g/mol. The maximum Gasteiger partial charge on any atom is 0.341 e. The quantitative estimate of drug-likeness (QED) is 0.799. The number of nitrogens with zero attached hydrogens (tertiary/aromatic N) is 1. The maximum absolute atomic E-state index is 11.3. The van der Waals surface area contributed by atoms with Gasteiger partial charge in [0.15, 0.2) is 0 Å². The number of halogens is 2. The van der Waals surface area contributed by atoms with Crippen molar-refractivity contribution in [2.45, 2.75) is 6.92 Å². The maximum atomic E-state index is 11.3. The van der Waals surface area contributed by atoms with E-state index in [2.05, 4.69) is 36.8 Å². The summed E-state index contributed by atoms with van der Waals surface area (Å²) < 4.78 is 12.1. The lowest BCUT2D eigenvalue weighted by Crippen LogP contribution is -2.04. The van der Waals surface area contributed by atoms with Crippen LogP contribution in [0.2, 0.25) is 0 Å². The number of carboxylic acids is 1. The van der Waals surface area contributed by atoms with Crippen molar-refractivity contribution < 1.29 is 19.4 Å². The predicted molar refractivity (Wildman–Crippen MR) is 84.4 cm³/mol. The standard InChI is InChI=1S/C14H11Br2NO4/c1-7-3-4-17-13(12(7)14(18)19)21-11-6-8(15)10(20-2)5-9(11)16/h3-6H,1-2H3,(H,18,19). The molecule has 2 rings (SSSR count). The Kier molecular flexibility index (Phi) is 4.84. The van der Waals surface area contributed by atoms with E-state index in [4.69, 9.17) is 9.47 Å². The number of ether oxygens (including phenoxy) is 2. The first-order valence-corrected chi connectivity index (χ1v) is 7.42. The van der Waals surface area contributed by atoms with E-state index in [0.717, 1.165) is 0 Å². The number of hydrogen-bond acceptors (Lipinski definition) is 4. The molecule has 7 heteroatoms. The van der Waals surface area contributed by atoms with Crippen molar-refractivity contribution in [3.05, 3.63) is 44.5 Å².